The number of benzene rings is 1. The van der Waals surface area contributed by atoms with E-state index in [9.17, 15) is 9.90 Å². The van der Waals surface area contributed by atoms with Crippen molar-refractivity contribution in [3.05, 3.63) is 63.6 Å². The summed E-state index contributed by atoms with van der Waals surface area (Å²) in [5, 5.41) is 9.20. The summed E-state index contributed by atoms with van der Waals surface area (Å²) in [5.74, 6) is 0. The normalized spacial score (nSPS) is 10.5. The first-order valence-corrected chi connectivity index (χ1v) is 5.52. The number of aromatic nitrogens is 1. The number of hydrogen-bond donors (Lipinski definition) is 1. The molecular formula is C14H15NO2. The molecule has 1 aromatic carbocycles. The van der Waals surface area contributed by atoms with Crippen LogP contribution in [0.15, 0.2) is 41.3 Å². The molecule has 0 radical (unpaired) electrons. The second-order valence-electron chi connectivity index (χ2n) is 4.11. The Hall–Kier alpha value is -1.87. The monoisotopic (exact) mass is 229 g/mol. The molecule has 2 rings (SSSR count). The third kappa shape index (κ3) is 2.15. The molecule has 0 saturated heterocycles. The predicted octanol–water partition coefficient (Wildman–Crippen LogP) is 1.95. The molecule has 0 amide bonds. The van der Waals surface area contributed by atoms with Crippen LogP contribution >= 0.6 is 0 Å². The largest absolute Gasteiger partial charge is 0.391 e. The molecule has 3 heteroatoms. The fourth-order valence-corrected chi connectivity index (χ4v) is 1.86. The third-order valence-electron chi connectivity index (χ3n) is 2.94. The smallest absolute Gasteiger partial charge is 0.187 e. The van der Waals surface area contributed by atoms with E-state index in [1.807, 2.05) is 42.7 Å². The average molecular weight is 229 g/mol. The molecule has 0 spiro atoms. The number of aliphatic hydroxyl groups excluding tert-OH is 1. The second kappa shape index (κ2) is 4.55. The van der Waals surface area contributed by atoms with E-state index in [0.29, 0.717) is 5.56 Å². The summed E-state index contributed by atoms with van der Waals surface area (Å²) in [5.41, 5.74) is 3.29. The molecule has 88 valence electrons. The van der Waals surface area contributed by atoms with Gasteiger partial charge < -0.3 is 9.67 Å². The lowest BCUT2D eigenvalue weighted by Gasteiger charge is -2.13. The molecule has 2 aromatic rings. The fraction of sp³-hybridized carbons (Fsp3) is 0.214. The molecular weight excluding hydrogens is 214 g/mol. The van der Waals surface area contributed by atoms with Gasteiger partial charge in [-0.05, 0) is 26.0 Å². The minimum atomic E-state index is -0.225. The van der Waals surface area contributed by atoms with Crippen LogP contribution in [0.3, 0.4) is 0 Å². The highest BCUT2D eigenvalue weighted by Crippen LogP contribution is 2.13. The Kier molecular flexibility index (Phi) is 3.11. The standard InChI is InChI=1S/C14H15NO2/c1-10-3-5-12(6-4-10)15-8-7-14(17)13(9-16)11(15)2/h3-8,16H,9H2,1-2H3. The van der Waals surface area contributed by atoms with Gasteiger partial charge in [-0.15, -0.1) is 0 Å². The summed E-state index contributed by atoms with van der Waals surface area (Å²) in [7, 11) is 0. The molecule has 1 N–H and O–H groups in total. The van der Waals surface area contributed by atoms with Crippen molar-refractivity contribution >= 4 is 0 Å². The van der Waals surface area contributed by atoms with Crippen LogP contribution in [0.25, 0.3) is 5.69 Å². The number of aryl methyl sites for hydroxylation is 1. The first kappa shape index (κ1) is 11.6. The van der Waals surface area contributed by atoms with Crippen LogP contribution in [0.4, 0.5) is 0 Å². The molecule has 0 aliphatic rings. The van der Waals surface area contributed by atoms with Crippen LogP contribution in [0, 0.1) is 13.8 Å². The molecule has 3 nitrogen and oxygen atoms in total. The Bertz CT molecular complexity index is 582. The van der Waals surface area contributed by atoms with E-state index in [2.05, 4.69) is 0 Å². The van der Waals surface area contributed by atoms with Crippen molar-refractivity contribution in [2.45, 2.75) is 20.5 Å². The zero-order chi connectivity index (χ0) is 12.4. The van der Waals surface area contributed by atoms with E-state index >= 15 is 0 Å². The van der Waals surface area contributed by atoms with E-state index in [4.69, 9.17) is 0 Å². The molecule has 0 aliphatic carbocycles. The fourth-order valence-electron chi connectivity index (χ4n) is 1.86. The summed E-state index contributed by atoms with van der Waals surface area (Å²) in [6.07, 6.45) is 1.74. The van der Waals surface area contributed by atoms with Crippen molar-refractivity contribution in [1.82, 2.24) is 4.57 Å². The van der Waals surface area contributed by atoms with Gasteiger partial charge in [0.15, 0.2) is 5.43 Å². The third-order valence-corrected chi connectivity index (χ3v) is 2.94. The Balaban J connectivity index is 2.60. The molecule has 0 bridgehead atoms. The van der Waals surface area contributed by atoms with E-state index in [1.54, 1.807) is 6.20 Å². The summed E-state index contributed by atoms with van der Waals surface area (Å²) >= 11 is 0. The maximum atomic E-state index is 11.5. The first-order valence-electron chi connectivity index (χ1n) is 5.52. The predicted molar refractivity (Wildman–Crippen MR) is 67.4 cm³/mol. The van der Waals surface area contributed by atoms with Gasteiger partial charge in [0, 0.05) is 29.2 Å². The lowest BCUT2D eigenvalue weighted by Crippen LogP contribution is -2.15. The molecule has 1 aromatic heterocycles. The lowest BCUT2D eigenvalue weighted by atomic mass is 10.1. The van der Waals surface area contributed by atoms with Crippen LogP contribution < -0.4 is 5.43 Å². The quantitative estimate of drug-likeness (QED) is 0.855. The van der Waals surface area contributed by atoms with Gasteiger partial charge in [-0.25, -0.2) is 0 Å². The number of nitrogens with zero attached hydrogens (tertiary/aromatic N) is 1. The maximum absolute atomic E-state index is 11.5. The maximum Gasteiger partial charge on any atom is 0.187 e. The van der Waals surface area contributed by atoms with Crippen LogP contribution in [-0.2, 0) is 6.61 Å². The highest BCUT2D eigenvalue weighted by atomic mass is 16.3. The van der Waals surface area contributed by atoms with Crippen LogP contribution in [0.2, 0.25) is 0 Å². The van der Waals surface area contributed by atoms with Gasteiger partial charge in [-0.3, -0.25) is 4.79 Å². The van der Waals surface area contributed by atoms with Crippen molar-refractivity contribution in [2.75, 3.05) is 0 Å². The number of hydrogen-bond acceptors (Lipinski definition) is 2. The molecule has 0 fully saturated rings. The number of pyridine rings is 1. The van der Waals surface area contributed by atoms with Crippen LogP contribution in [0.1, 0.15) is 16.8 Å². The first-order chi connectivity index (χ1) is 8.13. The number of rotatable bonds is 2. The van der Waals surface area contributed by atoms with Gasteiger partial charge in [0.1, 0.15) is 0 Å². The number of aliphatic hydroxyl groups is 1. The zero-order valence-electron chi connectivity index (χ0n) is 9.97. The molecule has 0 saturated carbocycles. The van der Waals surface area contributed by atoms with Gasteiger partial charge in [-0.1, -0.05) is 17.7 Å². The van der Waals surface area contributed by atoms with Crippen molar-refractivity contribution in [1.29, 1.82) is 0 Å². The highest BCUT2D eigenvalue weighted by molar-refractivity contribution is 5.38. The minimum Gasteiger partial charge on any atom is -0.391 e. The van der Waals surface area contributed by atoms with Gasteiger partial charge in [0.05, 0.1) is 6.61 Å². The molecule has 17 heavy (non-hydrogen) atoms. The topological polar surface area (TPSA) is 42.2 Å². The molecule has 0 unspecified atom stereocenters. The molecule has 1 heterocycles. The Labute approximate surface area is 100.0 Å². The summed E-state index contributed by atoms with van der Waals surface area (Å²) in [6.45, 7) is 3.64. The van der Waals surface area contributed by atoms with Crippen LogP contribution in [0.5, 0.6) is 0 Å². The Morgan fingerprint density at radius 1 is 1.12 bits per heavy atom. The summed E-state index contributed by atoms with van der Waals surface area (Å²) in [6, 6.07) is 9.51. The van der Waals surface area contributed by atoms with Gasteiger partial charge >= 0.3 is 0 Å². The molecule has 0 atom stereocenters. The van der Waals surface area contributed by atoms with Crippen molar-refractivity contribution in [3.63, 3.8) is 0 Å². The van der Waals surface area contributed by atoms with Gasteiger partial charge in [0.25, 0.3) is 0 Å². The van der Waals surface area contributed by atoms with Gasteiger partial charge in [0.2, 0.25) is 0 Å². The highest BCUT2D eigenvalue weighted by Gasteiger charge is 2.06. The average Bonchev–Trinajstić information content (AvgIpc) is 2.31. The summed E-state index contributed by atoms with van der Waals surface area (Å²) in [4.78, 5) is 11.5. The van der Waals surface area contributed by atoms with E-state index < -0.39 is 0 Å². The van der Waals surface area contributed by atoms with Crippen molar-refractivity contribution < 1.29 is 5.11 Å². The van der Waals surface area contributed by atoms with Crippen molar-refractivity contribution in [3.8, 4) is 5.69 Å². The zero-order valence-corrected chi connectivity index (χ0v) is 9.97. The van der Waals surface area contributed by atoms with E-state index in [0.717, 1.165) is 11.4 Å². The Morgan fingerprint density at radius 3 is 2.35 bits per heavy atom. The van der Waals surface area contributed by atoms with E-state index in [-0.39, 0.29) is 12.0 Å². The van der Waals surface area contributed by atoms with E-state index in [1.165, 1.54) is 11.6 Å². The van der Waals surface area contributed by atoms with Crippen molar-refractivity contribution in [2.24, 2.45) is 0 Å². The Morgan fingerprint density at radius 2 is 1.76 bits per heavy atom. The lowest BCUT2D eigenvalue weighted by molar-refractivity contribution is 0.279. The second-order valence-corrected chi connectivity index (χ2v) is 4.11. The van der Waals surface area contributed by atoms with Gasteiger partial charge in [-0.2, -0.15) is 0 Å². The SMILES string of the molecule is Cc1ccc(-n2ccc(=O)c(CO)c2C)cc1. The summed E-state index contributed by atoms with van der Waals surface area (Å²) < 4.78 is 1.91. The minimum absolute atomic E-state index is 0.117. The van der Waals surface area contributed by atoms with Crippen LogP contribution in [-0.4, -0.2) is 9.67 Å². The molecule has 0 aliphatic heterocycles.